The number of nitrogens with one attached hydrogen (secondary N) is 2. The maximum atomic E-state index is 12.6. The molecule has 0 bridgehead atoms. The van der Waals surface area contributed by atoms with Gasteiger partial charge in [-0.3, -0.25) is 4.79 Å². The van der Waals surface area contributed by atoms with Crippen molar-refractivity contribution in [3.8, 4) is 0 Å². The first-order valence-electron chi connectivity index (χ1n) is 8.56. The highest BCUT2D eigenvalue weighted by Crippen LogP contribution is 2.29. The van der Waals surface area contributed by atoms with Crippen molar-refractivity contribution in [2.45, 2.75) is 19.6 Å². The van der Waals surface area contributed by atoms with Crippen LogP contribution in [-0.4, -0.2) is 10.9 Å². The Balaban J connectivity index is 1.60. The Bertz CT molecular complexity index is 952. The van der Waals surface area contributed by atoms with Crippen molar-refractivity contribution in [2.24, 2.45) is 0 Å². The second-order valence-corrected chi connectivity index (χ2v) is 6.24. The summed E-state index contributed by atoms with van der Waals surface area (Å²) in [5, 5.41) is 5.77. The highest BCUT2D eigenvalue weighted by Gasteiger charge is 2.30. The number of aromatic nitrogens is 1. The largest absolute Gasteiger partial charge is 0.416 e. The molecule has 1 aromatic heterocycles. The maximum Gasteiger partial charge on any atom is 0.416 e. The second-order valence-electron chi connectivity index (χ2n) is 6.24. The predicted octanol–water partition coefficient (Wildman–Crippen LogP) is 5.27. The van der Waals surface area contributed by atoms with Crippen LogP contribution in [-0.2, 0) is 12.7 Å². The zero-order chi connectivity index (χ0) is 20.1. The smallest absolute Gasteiger partial charge is 0.380 e. The third-order valence-electron chi connectivity index (χ3n) is 4.21. The molecule has 0 atom stereocenters. The normalized spacial score (nSPS) is 11.1. The van der Waals surface area contributed by atoms with Gasteiger partial charge >= 0.3 is 6.18 Å². The molecule has 0 fully saturated rings. The van der Waals surface area contributed by atoms with Gasteiger partial charge in [0.25, 0.3) is 5.91 Å². The Morgan fingerprint density at radius 2 is 1.64 bits per heavy atom. The van der Waals surface area contributed by atoms with Gasteiger partial charge in [0.1, 0.15) is 5.69 Å². The highest BCUT2D eigenvalue weighted by atomic mass is 19.4. The van der Waals surface area contributed by atoms with Crippen molar-refractivity contribution in [2.75, 3.05) is 10.6 Å². The number of alkyl halides is 3. The molecule has 0 aliphatic heterocycles. The summed E-state index contributed by atoms with van der Waals surface area (Å²) >= 11 is 0. The number of pyridine rings is 1. The number of anilines is 2. The summed E-state index contributed by atoms with van der Waals surface area (Å²) in [5.74, 6) is -0.495. The Morgan fingerprint density at radius 1 is 0.964 bits per heavy atom. The lowest BCUT2D eigenvalue weighted by molar-refractivity contribution is -0.137. The van der Waals surface area contributed by atoms with Crippen molar-refractivity contribution in [1.29, 1.82) is 0 Å². The van der Waals surface area contributed by atoms with Gasteiger partial charge in [0.05, 0.1) is 17.4 Å². The van der Waals surface area contributed by atoms with E-state index in [1.807, 2.05) is 31.2 Å². The van der Waals surface area contributed by atoms with Crippen LogP contribution in [0.3, 0.4) is 0 Å². The molecule has 7 heteroatoms. The molecule has 0 saturated heterocycles. The average molecular weight is 385 g/mol. The van der Waals surface area contributed by atoms with Crippen LogP contribution in [0.25, 0.3) is 0 Å². The molecule has 1 amide bonds. The molecule has 2 aromatic carbocycles. The summed E-state index contributed by atoms with van der Waals surface area (Å²) in [5.41, 5.74) is 2.76. The van der Waals surface area contributed by atoms with Gasteiger partial charge in [0.2, 0.25) is 0 Å². The number of hydrogen-bond donors (Lipinski definition) is 2. The molecule has 28 heavy (non-hydrogen) atoms. The van der Waals surface area contributed by atoms with E-state index in [0.717, 1.165) is 23.4 Å². The van der Waals surface area contributed by atoms with Crippen LogP contribution in [0.15, 0.2) is 66.9 Å². The summed E-state index contributed by atoms with van der Waals surface area (Å²) in [6.07, 6.45) is -2.87. The fourth-order valence-corrected chi connectivity index (χ4v) is 2.58. The van der Waals surface area contributed by atoms with Gasteiger partial charge in [-0.2, -0.15) is 13.2 Å². The van der Waals surface area contributed by atoms with E-state index in [9.17, 15) is 18.0 Å². The van der Waals surface area contributed by atoms with Crippen LogP contribution >= 0.6 is 0 Å². The first-order chi connectivity index (χ1) is 13.3. The number of carbonyl (C=O) groups excluding carboxylic acids is 1. The number of halogens is 3. The average Bonchev–Trinajstić information content (AvgIpc) is 2.67. The Hall–Kier alpha value is -3.35. The second kappa shape index (κ2) is 8.12. The Morgan fingerprint density at radius 3 is 2.25 bits per heavy atom. The highest BCUT2D eigenvalue weighted by molar-refractivity contribution is 6.02. The lowest BCUT2D eigenvalue weighted by atomic mass is 10.1. The van der Waals surface area contributed by atoms with E-state index in [0.29, 0.717) is 6.54 Å². The molecule has 3 rings (SSSR count). The molecule has 144 valence electrons. The van der Waals surface area contributed by atoms with Gasteiger partial charge < -0.3 is 10.6 Å². The van der Waals surface area contributed by atoms with Gasteiger partial charge in [0, 0.05) is 12.2 Å². The summed E-state index contributed by atoms with van der Waals surface area (Å²) in [7, 11) is 0. The van der Waals surface area contributed by atoms with Crippen LogP contribution in [0.5, 0.6) is 0 Å². The van der Waals surface area contributed by atoms with Crippen LogP contribution in [0.2, 0.25) is 0 Å². The topological polar surface area (TPSA) is 54.0 Å². The van der Waals surface area contributed by atoms with E-state index in [-0.39, 0.29) is 11.4 Å². The first kappa shape index (κ1) is 19.4. The molecule has 2 N–H and O–H groups in total. The predicted molar refractivity (Wildman–Crippen MR) is 102 cm³/mol. The monoisotopic (exact) mass is 385 g/mol. The van der Waals surface area contributed by atoms with Gasteiger partial charge in [-0.05, 0) is 54.4 Å². The van der Waals surface area contributed by atoms with Crippen molar-refractivity contribution in [3.05, 3.63) is 89.2 Å². The van der Waals surface area contributed by atoms with E-state index in [1.54, 1.807) is 18.3 Å². The van der Waals surface area contributed by atoms with Crippen LogP contribution in [0.4, 0.5) is 24.5 Å². The molecule has 0 aliphatic carbocycles. The fraction of sp³-hybridized carbons (Fsp3) is 0.143. The Labute approximate surface area is 160 Å². The molecular weight excluding hydrogens is 367 g/mol. The van der Waals surface area contributed by atoms with Gasteiger partial charge in [-0.15, -0.1) is 0 Å². The number of carbonyl (C=O) groups is 1. The van der Waals surface area contributed by atoms with Crippen LogP contribution in [0.1, 0.15) is 27.2 Å². The van der Waals surface area contributed by atoms with Crippen LogP contribution in [0, 0.1) is 6.92 Å². The molecular formula is C21H18F3N3O. The third-order valence-corrected chi connectivity index (χ3v) is 4.21. The standard InChI is InChI=1S/C21H18F3N3O/c1-14-4-2-3-5-15(14)12-25-18-10-11-19(26-13-18)20(28)27-17-8-6-16(7-9-17)21(22,23)24/h2-11,13,25H,12H2,1H3,(H,27,28). The lowest BCUT2D eigenvalue weighted by Crippen LogP contribution is -2.14. The van der Waals surface area contributed by atoms with Crippen molar-refractivity contribution >= 4 is 17.3 Å². The van der Waals surface area contributed by atoms with Crippen LogP contribution < -0.4 is 10.6 Å². The quantitative estimate of drug-likeness (QED) is 0.629. The SMILES string of the molecule is Cc1ccccc1CNc1ccc(C(=O)Nc2ccc(C(F)(F)F)cc2)nc1. The van der Waals surface area contributed by atoms with Crippen molar-refractivity contribution in [3.63, 3.8) is 0 Å². The number of aryl methyl sites for hydroxylation is 1. The molecule has 1 heterocycles. The molecule has 0 radical (unpaired) electrons. The summed E-state index contributed by atoms with van der Waals surface area (Å²) < 4.78 is 37.7. The van der Waals surface area contributed by atoms with Gasteiger partial charge in [-0.1, -0.05) is 24.3 Å². The molecule has 3 aromatic rings. The summed E-state index contributed by atoms with van der Waals surface area (Å²) in [4.78, 5) is 16.3. The molecule has 0 spiro atoms. The van der Waals surface area contributed by atoms with E-state index in [2.05, 4.69) is 15.6 Å². The minimum absolute atomic E-state index is 0.168. The van der Waals surface area contributed by atoms with E-state index < -0.39 is 17.6 Å². The number of hydrogen-bond acceptors (Lipinski definition) is 3. The number of amides is 1. The minimum Gasteiger partial charge on any atom is -0.380 e. The van der Waals surface area contributed by atoms with E-state index >= 15 is 0 Å². The number of nitrogens with zero attached hydrogens (tertiary/aromatic N) is 1. The van der Waals surface area contributed by atoms with E-state index in [1.165, 1.54) is 17.7 Å². The zero-order valence-electron chi connectivity index (χ0n) is 15.0. The number of benzene rings is 2. The summed E-state index contributed by atoms with van der Waals surface area (Å²) in [6.45, 7) is 2.66. The first-order valence-corrected chi connectivity index (χ1v) is 8.56. The molecule has 0 aliphatic rings. The molecule has 0 saturated carbocycles. The fourth-order valence-electron chi connectivity index (χ4n) is 2.58. The minimum atomic E-state index is -4.41. The maximum absolute atomic E-state index is 12.6. The van der Waals surface area contributed by atoms with Crippen molar-refractivity contribution in [1.82, 2.24) is 4.98 Å². The molecule has 4 nitrogen and oxygen atoms in total. The zero-order valence-corrected chi connectivity index (χ0v) is 15.0. The third kappa shape index (κ3) is 4.88. The lowest BCUT2D eigenvalue weighted by Gasteiger charge is -2.10. The summed E-state index contributed by atoms with van der Waals surface area (Å²) in [6, 6.07) is 15.5. The van der Waals surface area contributed by atoms with Gasteiger partial charge in [-0.25, -0.2) is 4.98 Å². The molecule has 0 unspecified atom stereocenters. The van der Waals surface area contributed by atoms with Gasteiger partial charge in [0.15, 0.2) is 0 Å². The van der Waals surface area contributed by atoms with Crippen molar-refractivity contribution < 1.29 is 18.0 Å². The Kier molecular flexibility index (Phi) is 5.63. The number of rotatable bonds is 5. The van der Waals surface area contributed by atoms with E-state index in [4.69, 9.17) is 0 Å².